The van der Waals surface area contributed by atoms with Crippen LogP contribution >= 0.6 is 0 Å². The van der Waals surface area contributed by atoms with E-state index < -0.39 is 0 Å². The highest BCUT2D eigenvalue weighted by Gasteiger charge is 2.19. The number of hydrogen-bond donors (Lipinski definition) is 1. The Kier molecular flexibility index (Phi) is 48.0. The first-order valence-corrected chi connectivity index (χ1v) is 20.9. The lowest BCUT2D eigenvalue weighted by atomic mass is 9.94. The molecule has 2 unspecified atom stereocenters. The number of carbonyl (C=O) groups excluding carboxylic acids is 2. The fourth-order valence-corrected chi connectivity index (χ4v) is 5.38. The number of esters is 2. The highest BCUT2D eigenvalue weighted by molar-refractivity contribution is 5.72. The summed E-state index contributed by atoms with van der Waals surface area (Å²) in [6.07, 6.45) is 31.2. The topological polar surface area (TPSA) is 64.6 Å². The van der Waals surface area contributed by atoms with Gasteiger partial charge in [-0.15, -0.1) is 0 Å². The summed E-state index contributed by atoms with van der Waals surface area (Å²) in [5.74, 6) is 0.277. The first kappa shape index (κ1) is 50.3. The number of hydrogen-bond acceptors (Lipinski definition) is 5. The van der Waals surface area contributed by atoms with Gasteiger partial charge in [-0.1, -0.05) is 184 Å². The zero-order valence-corrected chi connectivity index (χ0v) is 33.5. The van der Waals surface area contributed by atoms with Gasteiger partial charge in [-0.05, 0) is 51.6 Å². The van der Waals surface area contributed by atoms with Crippen molar-refractivity contribution >= 4 is 11.9 Å². The Hall–Kier alpha value is -1.10. The summed E-state index contributed by atoms with van der Waals surface area (Å²) in [5.41, 5.74) is 0. The Bertz CT molecular complexity index is 595. The van der Waals surface area contributed by atoms with Crippen molar-refractivity contribution < 1.29 is 19.1 Å². The SMILES string of the molecule is CCCCC.CCCCCCCOC(=O)C(C)CCCCC.CCCCCCCOC(=O)C(CCCCCC)CCCCCNCC. The van der Waals surface area contributed by atoms with Crippen molar-refractivity contribution in [3.05, 3.63) is 0 Å². The van der Waals surface area contributed by atoms with E-state index in [1.54, 1.807) is 0 Å². The molecular weight excluding hydrogens is 582 g/mol. The maximum atomic E-state index is 12.4. The van der Waals surface area contributed by atoms with Crippen LogP contribution in [0.15, 0.2) is 0 Å². The summed E-state index contributed by atoms with van der Waals surface area (Å²) in [7, 11) is 0. The van der Waals surface area contributed by atoms with Gasteiger partial charge in [0, 0.05) is 0 Å². The summed E-state index contributed by atoms with van der Waals surface area (Å²) in [5, 5.41) is 3.36. The molecule has 5 nitrogen and oxygen atoms in total. The molecule has 0 aromatic heterocycles. The molecule has 0 radical (unpaired) electrons. The lowest BCUT2D eigenvalue weighted by Gasteiger charge is -2.16. The van der Waals surface area contributed by atoms with Gasteiger partial charge in [-0.25, -0.2) is 0 Å². The quantitative estimate of drug-likeness (QED) is 0.0570. The molecule has 0 fully saturated rings. The molecule has 0 aromatic rings. The summed E-state index contributed by atoms with van der Waals surface area (Å²) < 4.78 is 10.9. The molecule has 0 saturated carbocycles. The van der Waals surface area contributed by atoms with Crippen molar-refractivity contribution in [3.8, 4) is 0 Å². The summed E-state index contributed by atoms with van der Waals surface area (Å²) in [6, 6.07) is 0. The van der Waals surface area contributed by atoms with Crippen molar-refractivity contribution in [3.63, 3.8) is 0 Å². The zero-order chi connectivity index (χ0) is 35.6. The van der Waals surface area contributed by atoms with Crippen LogP contribution in [0, 0.1) is 11.8 Å². The smallest absolute Gasteiger partial charge is 0.308 e. The van der Waals surface area contributed by atoms with Crippen molar-refractivity contribution in [2.45, 2.75) is 222 Å². The van der Waals surface area contributed by atoms with Crippen LogP contribution in [0.2, 0.25) is 0 Å². The fourth-order valence-electron chi connectivity index (χ4n) is 5.38. The minimum absolute atomic E-state index is 0.00315. The van der Waals surface area contributed by atoms with Crippen molar-refractivity contribution in [1.82, 2.24) is 5.32 Å². The van der Waals surface area contributed by atoms with Crippen LogP contribution in [-0.4, -0.2) is 38.2 Å². The molecule has 0 saturated heterocycles. The van der Waals surface area contributed by atoms with Gasteiger partial charge in [-0.2, -0.15) is 0 Å². The van der Waals surface area contributed by atoms with Crippen LogP contribution < -0.4 is 5.32 Å². The summed E-state index contributed by atoms with van der Waals surface area (Å²) >= 11 is 0. The number of rotatable bonds is 32. The van der Waals surface area contributed by atoms with Gasteiger partial charge >= 0.3 is 11.9 Å². The van der Waals surface area contributed by atoms with Crippen molar-refractivity contribution in [2.75, 3.05) is 26.3 Å². The lowest BCUT2D eigenvalue weighted by Crippen LogP contribution is -2.19. The highest BCUT2D eigenvalue weighted by Crippen LogP contribution is 2.20. The predicted molar refractivity (Wildman–Crippen MR) is 207 cm³/mol. The molecule has 0 aliphatic carbocycles. The molecule has 284 valence electrons. The van der Waals surface area contributed by atoms with Gasteiger partial charge in [0.25, 0.3) is 0 Å². The standard InChI is InChI=1S/C22H45NO2.C15H30O2.C5H12/c1-4-7-9-11-16-20-25-22(24)21(17-13-10-8-5-2)18-14-12-15-19-23-6-3;1-4-6-8-9-11-13-17-15(16)14(3)12-10-7-5-2;1-3-5-4-2/h21,23H,4-20H2,1-3H3;14H,4-13H2,1-3H3;3-5H2,1-2H3. The van der Waals surface area contributed by atoms with Crippen LogP contribution in [0.25, 0.3) is 0 Å². The van der Waals surface area contributed by atoms with Gasteiger partial charge in [0.15, 0.2) is 0 Å². The van der Waals surface area contributed by atoms with Gasteiger partial charge in [-0.3, -0.25) is 9.59 Å². The second-order valence-electron chi connectivity index (χ2n) is 13.7. The molecule has 47 heavy (non-hydrogen) atoms. The molecule has 0 aliphatic heterocycles. The van der Waals surface area contributed by atoms with E-state index in [1.807, 2.05) is 6.92 Å². The van der Waals surface area contributed by atoms with E-state index in [0.717, 1.165) is 58.0 Å². The van der Waals surface area contributed by atoms with Gasteiger partial charge in [0.05, 0.1) is 25.0 Å². The number of ether oxygens (including phenoxy) is 2. The van der Waals surface area contributed by atoms with Crippen LogP contribution in [0.1, 0.15) is 222 Å². The van der Waals surface area contributed by atoms with E-state index in [2.05, 4.69) is 53.8 Å². The summed E-state index contributed by atoms with van der Waals surface area (Å²) in [4.78, 5) is 24.0. The first-order valence-electron chi connectivity index (χ1n) is 20.9. The fraction of sp³-hybridized carbons (Fsp3) is 0.952. The Morgan fingerprint density at radius 2 is 0.830 bits per heavy atom. The van der Waals surface area contributed by atoms with Crippen LogP contribution in [-0.2, 0) is 19.1 Å². The molecule has 0 aliphatic rings. The monoisotopic (exact) mass is 670 g/mol. The lowest BCUT2D eigenvalue weighted by molar-refractivity contribution is -0.149. The maximum Gasteiger partial charge on any atom is 0.308 e. The molecule has 0 spiro atoms. The maximum absolute atomic E-state index is 12.4. The average molecular weight is 670 g/mol. The van der Waals surface area contributed by atoms with E-state index in [4.69, 9.17) is 9.47 Å². The van der Waals surface area contributed by atoms with E-state index in [-0.39, 0.29) is 23.8 Å². The summed E-state index contributed by atoms with van der Waals surface area (Å²) in [6.45, 7) is 20.8. The minimum atomic E-state index is -0.00315. The van der Waals surface area contributed by atoms with Crippen molar-refractivity contribution in [1.29, 1.82) is 0 Å². The molecular formula is C42H87NO4. The molecule has 2 atom stereocenters. The number of carbonyl (C=O) groups is 2. The zero-order valence-electron chi connectivity index (χ0n) is 33.5. The highest BCUT2D eigenvalue weighted by atomic mass is 16.5. The largest absolute Gasteiger partial charge is 0.465 e. The predicted octanol–water partition coefficient (Wildman–Crippen LogP) is 13.2. The molecule has 5 heteroatoms. The van der Waals surface area contributed by atoms with Gasteiger partial charge < -0.3 is 14.8 Å². The number of unbranched alkanes of at least 4 members (excludes halogenated alkanes) is 17. The third-order valence-electron chi connectivity index (χ3n) is 8.73. The van der Waals surface area contributed by atoms with E-state index in [9.17, 15) is 9.59 Å². The normalized spacial score (nSPS) is 11.9. The molecule has 0 aromatic carbocycles. The number of nitrogens with one attached hydrogen (secondary N) is 1. The van der Waals surface area contributed by atoms with E-state index >= 15 is 0 Å². The molecule has 1 N–H and O–H groups in total. The van der Waals surface area contributed by atoms with Crippen LogP contribution in [0.3, 0.4) is 0 Å². The minimum Gasteiger partial charge on any atom is -0.465 e. The first-order chi connectivity index (χ1) is 22.9. The average Bonchev–Trinajstić information content (AvgIpc) is 3.07. The second kappa shape index (κ2) is 44.9. The molecule has 0 rings (SSSR count). The van der Waals surface area contributed by atoms with Crippen LogP contribution in [0.4, 0.5) is 0 Å². The second-order valence-corrected chi connectivity index (χ2v) is 13.7. The van der Waals surface area contributed by atoms with Gasteiger partial charge in [0.1, 0.15) is 0 Å². The Labute approximate surface area is 296 Å². The van der Waals surface area contributed by atoms with E-state index in [1.165, 1.54) is 122 Å². The van der Waals surface area contributed by atoms with Crippen LogP contribution in [0.5, 0.6) is 0 Å². The van der Waals surface area contributed by atoms with Gasteiger partial charge in [0.2, 0.25) is 0 Å². The molecule has 0 heterocycles. The third-order valence-corrected chi connectivity index (χ3v) is 8.73. The molecule has 0 amide bonds. The Balaban J connectivity index is -0.000000757. The Morgan fingerprint density at radius 1 is 0.447 bits per heavy atom. The molecule has 0 bridgehead atoms. The van der Waals surface area contributed by atoms with Crippen molar-refractivity contribution in [2.24, 2.45) is 11.8 Å². The Morgan fingerprint density at radius 3 is 1.28 bits per heavy atom. The van der Waals surface area contributed by atoms with E-state index in [0.29, 0.717) is 13.2 Å². The third kappa shape index (κ3) is 42.9.